The fourth-order valence-corrected chi connectivity index (χ4v) is 5.08. The van der Waals surface area contributed by atoms with E-state index in [2.05, 4.69) is 13.2 Å². The maximum absolute atomic E-state index is 12.8. The second-order valence-corrected chi connectivity index (χ2v) is 9.04. The largest absolute Gasteiger partial charge is 0.461 e. The Morgan fingerprint density at radius 1 is 0.833 bits per heavy atom. The van der Waals surface area contributed by atoms with Crippen molar-refractivity contribution in [2.75, 3.05) is 26.3 Å². The molecule has 12 heteroatoms. The van der Waals surface area contributed by atoms with Crippen LogP contribution in [0.5, 0.6) is 0 Å². The zero-order valence-corrected chi connectivity index (χ0v) is 19.1. The third-order valence-corrected chi connectivity index (χ3v) is 6.73. The fraction of sp³-hybridized carbons (Fsp3) is 0.333. The lowest BCUT2D eigenvalue weighted by Gasteiger charge is -2.14. The number of carbonyl (C=O) groups excluding carboxylic acids is 4. The second kappa shape index (κ2) is 11.4. The second-order valence-electron chi connectivity index (χ2n) is 5.75. The number of hydrogen-bond acceptors (Lipinski definition) is 10. The molecule has 2 aliphatic heterocycles. The van der Waals surface area contributed by atoms with Gasteiger partial charge in [0, 0.05) is 13.1 Å². The molecule has 0 radical (unpaired) electrons. The zero-order valence-electron chi connectivity index (χ0n) is 15.8. The van der Waals surface area contributed by atoms with Gasteiger partial charge in [-0.15, -0.1) is 0 Å². The summed E-state index contributed by atoms with van der Waals surface area (Å²) in [5, 5.41) is 0. The lowest BCUT2D eigenvalue weighted by Crippen LogP contribution is -2.32. The molecule has 0 atom stereocenters. The average molecular weight is 487 g/mol. The van der Waals surface area contributed by atoms with Gasteiger partial charge in [-0.3, -0.25) is 29.0 Å². The molecule has 0 aromatic carbocycles. The minimum absolute atomic E-state index is 0.0403. The van der Waals surface area contributed by atoms with E-state index in [-0.39, 0.29) is 57.6 Å². The van der Waals surface area contributed by atoms with E-state index in [1.165, 1.54) is 22.0 Å². The van der Waals surface area contributed by atoms with E-state index >= 15 is 0 Å². The van der Waals surface area contributed by atoms with Crippen molar-refractivity contribution in [3.63, 3.8) is 0 Å². The van der Waals surface area contributed by atoms with Gasteiger partial charge in [0.2, 0.25) is 0 Å². The molecule has 2 rings (SSSR count). The molecule has 0 saturated carbocycles. The smallest absolute Gasteiger partial charge is 0.307 e. The van der Waals surface area contributed by atoms with Crippen LogP contribution in [-0.4, -0.2) is 68.5 Å². The maximum atomic E-state index is 12.8. The topological polar surface area (TPSA) is 93.2 Å². The number of esters is 2. The van der Waals surface area contributed by atoms with Crippen molar-refractivity contribution in [2.45, 2.75) is 12.8 Å². The van der Waals surface area contributed by atoms with Crippen molar-refractivity contribution in [3.8, 4) is 0 Å². The van der Waals surface area contributed by atoms with Gasteiger partial charge >= 0.3 is 11.9 Å². The van der Waals surface area contributed by atoms with E-state index in [0.717, 1.165) is 23.5 Å². The van der Waals surface area contributed by atoms with E-state index < -0.39 is 23.8 Å². The zero-order chi connectivity index (χ0) is 22.3. The molecule has 0 unspecified atom stereocenters. The first-order valence-corrected chi connectivity index (χ1v) is 11.1. The Balaban J connectivity index is 2.03. The summed E-state index contributed by atoms with van der Waals surface area (Å²) in [5.41, 5.74) is 0. The summed E-state index contributed by atoms with van der Waals surface area (Å²) in [5.74, 6) is -1.91. The first-order chi connectivity index (χ1) is 14.3. The summed E-state index contributed by atoms with van der Waals surface area (Å²) >= 11 is 12.4. The number of thiocarbonyl (C=S) groups is 2. The molecule has 30 heavy (non-hydrogen) atoms. The number of hydrogen-bond donors (Lipinski definition) is 0. The highest BCUT2D eigenvalue weighted by Gasteiger charge is 2.42. The Kier molecular flexibility index (Phi) is 9.21. The van der Waals surface area contributed by atoms with Gasteiger partial charge in [-0.1, -0.05) is 73.3 Å². The van der Waals surface area contributed by atoms with E-state index in [1.54, 1.807) is 0 Å². The van der Waals surface area contributed by atoms with Gasteiger partial charge in [-0.05, 0) is 0 Å². The number of ether oxygens (including phenoxy) is 2. The molecular weight excluding hydrogens is 468 g/mol. The third kappa shape index (κ3) is 6.00. The Hall–Kier alpha value is -2.02. The van der Waals surface area contributed by atoms with Gasteiger partial charge in [0.25, 0.3) is 11.8 Å². The summed E-state index contributed by atoms with van der Waals surface area (Å²) in [6, 6.07) is 0. The van der Waals surface area contributed by atoms with Crippen molar-refractivity contribution in [1.82, 2.24) is 9.80 Å². The van der Waals surface area contributed by atoms with E-state index in [4.69, 9.17) is 33.9 Å². The van der Waals surface area contributed by atoms with Crippen LogP contribution in [0.15, 0.2) is 35.1 Å². The fourth-order valence-electron chi connectivity index (χ4n) is 2.31. The minimum atomic E-state index is -0.487. The van der Waals surface area contributed by atoms with Crippen molar-refractivity contribution >= 4 is 80.4 Å². The van der Waals surface area contributed by atoms with Gasteiger partial charge in [0.15, 0.2) is 0 Å². The summed E-state index contributed by atoms with van der Waals surface area (Å²) < 4.78 is 10.2. The standard InChI is InChI=1S/C18H18N2O6S4/c1-3-9-25-11(21)5-7-19-15(23)13(29-17(19)27)14-16(24)20(18(28)30-14)8-6-12(22)26-10-4-2/h3-4H,1-2,5-10H2/b14-13+. The van der Waals surface area contributed by atoms with Gasteiger partial charge in [0.1, 0.15) is 21.9 Å². The van der Waals surface area contributed by atoms with Crippen LogP contribution in [0.4, 0.5) is 0 Å². The van der Waals surface area contributed by atoms with Crippen molar-refractivity contribution in [3.05, 3.63) is 35.1 Å². The van der Waals surface area contributed by atoms with Crippen LogP contribution in [0.1, 0.15) is 12.8 Å². The summed E-state index contributed by atoms with van der Waals surface area (Å²) in [4.78, 5) is 51.6. The molecule has 2 aliphatic rings. The quantitative estimate of drug-likeness (QED) is 0.198. The Bertz CT molecular complexity index is 786. The Labute approximate surface area is 192 Å². The van der Waals surface area contributed by atoms with E-state index in [1.807, 2.05) is 0 Å². The molecule has 0 aromatic heterocycles. The van der Waals surface area contributed by atoms with Crippen LogP contribution in [-0.2, 0) is 28.7 Å². The van der Waals surface area contributed by atoms with Crippen LogP contribution in [0.25, 0.3) is 0 Å². The first kappa shape index (κ1) is 24.3. The highest BCUT2D eigenvalue weighted by molar-refractivity contribution is 8.29. The van der Waals surface area contributed by atoms with E-state index in [0.29, 0.717) is 0 Å². The van der Waals surface area contributed by atoms with Crippen molar-refractivity contribution < 1.29 is 28.7 Å². The SMILES string of the molecule is C=CCOC(=O)CCN1C(=O)/C(=C2\SC(=S)N(CCC(=O)OCC=C)C2=O)SC1=S. The number of carbonyl (C=O) groups is 4. The molecule has 0 aromatic rings. The lowest BCUT2D eigenvalue weighted by molar-refractivity contribution is -0.143. The van der Waals surface area contributed by atoms with Gasteiger partial charge in [-0.25, -0.2) is 0 Å². The summed E-state index contributed by atoms with van der Waals surface area (Å²) in [7, 11) is 0. The number of rotatable bonds is 10. The lowest BCUT2D eigenvalue weighted by atomic mass is 10.3. The van der Waals surface area contributed by atoms with E-state index in [9.17, 15) is 19.2 Å². The molecular formula is C18H18N2O6S4. The Morgan fingerprint density at radius 2 is 1.20 bits per heavy atom. The molecule has 160 valence electrons. The minimum Gasteiger partial charge on any atom is -0.461 e. The molecule has 0 aliphatic carbocycles. The molecule has 0 bridgehead atoms. The number of amides is 2. The van der Waals surface area contributed by atoms with Crippen molar-refractivity contribution in [1.29, 1.82) is 0 Å². The van der Waals surface area contributed by atoms with Gasteiger partial charge in [0.05, 0.1) is 22.7 Å². The molecule has 0 spiro atoms. The van der Waals surface area contributed by atoms with Crippen molar-refractivity contribution in [2.24, 2.45) is 0 Å². The number of thioether (sulfide) groups is 2. The normalized spacial score (nSPS) is 18.8. The predicted molar refractivity (Wildman–Crippen MR) is 122 cm³/mol. The van der Waals surface area contributed by atoms with Crippen LogP contribution in [0, 0.1) is 0 Å². The molecule has 8 nitrogen and oxygen atoms in total. The maximum Gasteiger partial charge on any atom is 0.307 e. The van der Waals surface area contributed by atoms with Crippen LogP contribution >= 0.6 is 48.0 Å². The van der Waals surface area contributed by atoms with Gasteiger partial charge < -0.3 is 9.47 Å². The van der Waals surface area contributed by atoms with Crippen LogP contribution in [0.2, 0.25) is 0 Å². The molecule has 2 heterocycles. The van der Waals surface area contributed by atoms with Crippen LogP contribution < -0.4 is 0 Å². The predicted octanol–water partition coefficient (Wildman–Crippen LogP) is 2.16. The highest BCUT2D eigenvalue weighted by atomic mass is 32.2. The summed E-state index contributed by atoms with van der Waals surface area (Å²) in [6.45, 7) is 7.16. The molecule has 2 amide bonds. The number of nitrogens with zero attached hydrogens (tertiary/aromatic N) is 2. The molecule has 2 fully saturated rings. The Morgan fingerprint density at radius 3 is 1.53 bits per heavy atom. The summed E-state index contributed by atoms with van der Waals surface area (Å²) in [6.07, 6.45) is 2.81. The average Bonchev–Trinajstić information content (AvgIpc) is 3.15. The molecule has 0 N–H and O–H groups in total. The highest BCUT2D eigenvalue weighted by Crippen LogP contribution is 2.42. The third-order valence-electron chi connectivity index (χ3n) is 3.71. The monoisotopic (exact) mass is 486 g/mol. The van der Waals surface area contributed by atoms with Gasteiger partial charge in [-0.2, -0.15) is 0 Å². The van der Waals surface area contributed by atoms with Crippen LogP contribution in [0.3, 0.4) is 0 Å². The first-order valence-electron chi connectivity index (χ1n) is 8.64. The molecule has 2 saturated heterocycles.